The molecule has 1 aliphatic heterocycles. The van der Waals surface area contributed by atoms with Gasteiger partial charge in [0.25, 0.3) is 5.91 Å². The summed E-state index contributed by atoms with van der Waals surface area (Å²) in [4.78, 5) is 21.3. The molecule has 0 aliphatic carbocycles. The number of anilines is 2. The number of benzene rings is 1. The van der Waals surface area contributed by atoms with Crippen molar-refractivity contribution < 1.29 is 4.79 Å². The molecule has 2 aromatic rings. The van der Waals surface area contributed by atoms with Crippen LogP contribution in [0, 0.1) is 0 Å². The molecule has 1 N–H and O–H groups in total. The minimum absolute atomic E-state index is 0.249. The number of nitrogens with zero attached hydrogens (tertiary/aromatic N) is 3. The van der Waals surface area contributed by atoms with Gasteiger partial charge in [0.05, 0.1) is 27.5 Å². The number of likely N-dealkylation sites (N-methyl/N-ethyl adjacent to an activating group) is 1. The Morgan fingerprint density at radius 2 is 1.88 bits per heavy atom. The van der Waals surface area contributed by atoms with Crippen LogP contribution in [-0.4, -0.2) is 49.0 Å². The lowest BCUT2D eigenvalue weighted by molar-refractivity contribution is 0.102. The Morgan fingerprint density at radius 1 is 1.12 bits per heavy atom. The maximum absolute atomic E-state index is 12.3. The Morgan fingerprint density at radius 3 is 2.54 bits per heavy atom. The summed E-state index contributed by atoms with van der Waals surface area (Å²) in [5.74, 6) is 0.610. The zero-order valence-corrected chi connectivity index (χ0v) is 14.8. The molecule has 1 aromatic carbocycles. The predicted octanol–water partition coefficient (Wildman–Crippen LogP) is 3.39. The van der Waals surface area contributed by atoms with Crippen molar-refractivity contribution >= 4 is 40.6 Å². The third-order valence-electron chi connectivity index (χ3n) is 4.03. The summed E-state index contributed by atoms with van der Waals surface area (Å²) in [5.41, 5.74) is 0.959. The summed E-state index contributed by atoms with van der Waals surface area (Å²) in [6, 6.07) is 8.73. The van der Waals surface area contributed by atoms with E-state index in [2.05, 4.69) is 27.1 Å². The van der Waals surface area contributed by atoms with Crippen LogP contribution in [0.2, 0.25) is 10.0 Å². The predicted molar refractivity (Wildman–Crippen MR) is 98.4 cm³/mol. The second-order valence-corrected chi connectivity index (χ2v) is 6.54. The molecule has 0 spiro atoms. The third kappa shape index (κ3) is 3.80. The van der Waals surface area contributed by atoms with Crippen LogP contribution in [0.5, 0.6) is 0 Å². The minimum Gasteiger partial charge on any atom is -0.354 e. The van der Waals surface area contributed by atoms with E-state index >= 15 is 0 Å². The fraction of sp³-hybridized carbons (Fsp3) is 0.294. The number of carbonyl (C=O) groups excluding carboxylic acids is 1. The molecule has 1 amide bonds. The monoisotopic (exact) mass is 364 g/mol. The molecule has 7 heteroatoms. The van der Waals surface area contributed by atoms with E-state index in [4.69, 9.17) is 23.2 Å². The largest absolute Gasteiger partial charge is 0.354 e. The van der Waals surface area contributed by atoms with Crippen molar-refractivity contribution in [1.82, 2.24) is 9.88 Å². The van der Waals surface area contributed by atoms with Gasteiger partial charge in [-0.05, 0) is 31.3 Å². The molecule has 0 radical (unpaired) electrons. The smallest absolute Gasteiger partial charge is 0.257 e. The molecule has 0 unspecified atom stereocenters. The Labute approximate surface area is 151 Å². The number of aromatic nitrogens is 1. The lowest BCUT2D eigenvalue weighted by atomic mass is 10.2. The molecule has 24 heavy (non-hydrogen) atoms. The number of amides is 1. The van der Waals surface area contributed by atoms with E-state index in [-0.39, 0.29) is 10.9 Å². The normalized spacial score (nSPS) is 15.4. The van der Waals surface area contributed by atoms with Gasteiger partial charge in [0.15, 0.2) is 0 Å². The summed E-state index contributed by atoms with van der Waals surface area (Å²) in [5, 5.41) is 3.40. The Hall–Kier alpha value is -1.82. The van der Waals surface area contributed by atoms with E-state index < -0.39 is 0 Å². The minimum atomic E-state index is -0.309. The average Bonchev–Trinajstić information content (AvgIpc) is 2.59. The molecule has 3 rings (SSSR count). The van der Waals surface area contributed by atoms with Crippen LogP contribution >= 0.6 is 23.2 Å². The fourth-order valence-corrected chi connectivity index (χ4v) is 2.95. The van der Waals surface area contributed by atoms with Crippen molar-refractivity contribution in [1.29, 1.82) is 0 Å². The molecule has 1 aliphatic rings. The van der Waals surface area contributed by atoms with Crippen LogP contribution in [0.4, 0.5) is 11.5 Å². The van der Waals surface area contributed by atoms with Crippen molar-refractivity contribution in [3.8, 4) is 0 Å². The van der Waals surface area contributed by atoms with Crippen LogP contribution in [0.3, 0.4) is 0 Å². The van der Waals surface area contributed by atoms with E-state index in [9.17, 15) is 4.79 Å². The van der Waals surface area contributed by atoms with Gasteiger partial charge in [-0.3, -0.25) is 4.79 Å². The van der Waals surface area contributed by atoms with Crippen LogP contribution in [0.15, 0.2) is 36.5 Å². The summed E-state index contributed by atoms with van der Waals surface area (Å²) >= 11 is 12.0. The lowest BCUT2D eigenvalue weighted by Gasteiger charge is -2.33. The standard InChI is InChI=1S/C17H18Cl2N4O/c1-22-7-9-23(10-8-22)15-6-5-12(11-20-15)21-17(24)13-3-2-4-14(18)16(13)19/h2-6,11H,7-10H2,1H3,(H,21,24). The molecule has 2 heterocycles. The molecule has 1 aromatic heterocycles. The van der Waals surface area contributed by atoms with E-state index in [0.717, 1.165) is 32.0 Å². The molecular weight excluding hydrogens is 347 g/mol. The molecule has 126 valence electrons. The highest BCUT2D eigenvalue weighted by Crippen LogP contribution is 2.26. The molecule has 0 atom stereocenters. The zero-order valence-electron chi connectivity index (χ0n) is 13.3. The third-order valence-corrected chi connectivity index (χ3v) is 4.85. The van der Waals surface area contributed by atoms with Gasteiger partial charge in [-0.1, -0.05) is 29.3 Å². The van der Waals surface area contributed by atoms with Gasteiger partial charge in [0, 0.05) is 26.2 Å². The van der Waals surface area contributed by atoms with Crippen LogP contribution < -0.4 is 10.2 Å². The average molecular weight is 365 g/mol. The van der Waals surface area contributed by atoms with Crippen LogP contribution in [0.25, 0.3) is 0 Å². The Bertz CT molecular complexity index is 728. The van der Waals surface area contributed by atoms with Crippen molar-refractivity contribution in [3.05, 3.63) is 52.1 Å². The highest BCUT2D eigenvalue weighted by atomic mass is 35.5. The maximum Gasteiger partial charge on any atom is 0.257 e. The van der Waals surface area contributed by atoms with Crippen molar-refractivity contribution in [2.45, 2.75) is 0 Å². The second-order valence-electron chi connectivity index (χ2n) is 5.75. The quantitative estimate of drug-likeness (QED) is 0.906. The number of halogens is 2. The Kier molecular flexibility index (Phi) is 5.23. The van der Waals surface area contributed by atoms with E-state index in [1.807, 2.05) is 12.1 Å². The van der Waals surface area contributed by atoms with Gasteiger partial charge in [0.2, 0.25) is 0 Å². The number of pyridine rings is 1. The number of piperazine rings is 1. The van der Waals surface area contributed by atoms with E-state index in [1.165, 1.54) is 0 Å². The first-order valence-corrected chi connectivity index (χ1v) is 8.45. The first kappa shape index (κ1) is 17.0. The van der Waals surface area contributed by atoms with Gasteiger partial charge in [-0.25, -0.2) is 4.98 Å². The molecule has 0 bridgehead atoms. The van der Waals surface area contributed by atoms with Gasteiger partial charge < -0.3 is 15.1 Å². The summed E-state index contributed by atoms with van der Waals surface area (Å²) in [6.07, 6.45) is 1.66. The number of hydrogen-bond donors (Lipinski definition) is 1. The summed E-state index contributed by atoms with van der Waals surface area (Å²) in [7, 11) is 2.12. The number of nitrogens with one attached hydrogen (secondary N) is 1. The highest BCUT2D eigenvalue weighted by molar-refractivity contribution is 6.44. The van der Waals surface area contributed by atoms with Gasteiger partial charge in [-0.2, -0.15) is 0 Å². The number of hydrogen-bond acceptors (Lipinski definition) is 4. The fourth-order valence-electron chi connectivity index (χ4n) is 2.56. The van der Waals surface area contributed by atoms with Gasteiger partial charge in [0.1, 0.15) is 5.82 Å². The van der Waals surface area contributed by atoms with Crippen molar-refractivity contribution in [2.24, 2.45) is 0 Å². The first-order valence-electron chi connectivity index (χ1n) is 7.69. The topological polar surface area (TPSA) is 48.5 Å². The molecule has 1 fully saturated rings. The number of rotatable bonds is 3. The zero-order chi connectivity index (χ0) is 17.1. The molecule has 5 nitrogen and oxygen atoms in total. The van der Waals surface area contributed by atoms with Crippen molar-refractivity contribution in [2.75, 3.05) is 43.4 Å². The lowest BCUT2D eigenvalue weighted by Crippen LogP contribution is -2.44. The molecular formula is C17H18Cl2N4O. The summed E-state index contributed by atoms with van der Waals surface area (Å²) in [6.45, 7) is 3.95. The first-order chi connectivity index (χ1) is 11.5. The van der Waals surface area contributed by atoms with Crippen LogP contribution in [0.1, 0.15) is 10.4 Å². The Balaban J connectivity index is 1.68. The molecule has 1 saturated heterocycles. The van der Waals surface area contributed by atoms with E-state index in [0.29, 0.717) is 16.3 Å². The SMILES string of the molecule is CN1CCN(c2ccc(NC(=O)c3cccc(Cl)c3Cl)cn2)CC1. The van der Waals surface area contributed by atoms with E-state index in [1.54, 1.807) is 24.4 Å². The maximum atomic E-state index is 12.3. The summed E-state index contributed by atoms with van der Waals surface area (Å²) < 4.78 is 0. The number of carbonyl (C=O) groups is 1. The van der Waals surface area contributed by atoms with Gasteiger partial charge >= 0.3 is 0 Å². The second kappa shape index (κ2) is 7.38. The highest BCUT2D eigenvalue weighted by Gasteiger charge is 2.16. The van der Waals surface area contributed by atoms with Crippen molar-refractivity contribution in [3.63, 3.8) is 0 Å². The van der Waals surface area contributed by atoms with Crippen LogP contribution in [-0.2, 0) is 0 Å². The van der Waals surface area contributed by atoms with Gasteiger partial charge in [-0.15, -0.1) is 0 Å². The molecule has 0 saturated carbocycles.